The molecule has 1 unspecified atom stereocenters. The molecule has 1 aromatic heterocycles. The summed E-state index contributed by atoms with van der Waals surface area (Å²) in [5.74, 6) is 3.21. The fourth-order valence-corrected chi connectivity index (χ4v) is 3.57. The summed E-state index contributed by atoms with van der Waals surface area (Å²) < 4.78 is 11.4. The first-order valence-corrected chi connectivity index (χ1v) is 9.88. The Morgan fingerprint density at radius 3 is 2.68 bits per heavy atom. The molecule has 28 heavy (non-hydrogen) atoms. The molecule has 2 aromatic rings. The molecule has 1 aromatic carbocycles. The van der Waals surface area contributed by atoms with Crippen LogP contribution >= 0.6 is 12.4 Å². The van der Waals surface area contributed by atoms with Gasteiger partial charge in [-0.1, -0.05) is 13.0 Å². The molecule has 1 atom stereocenters. The van der Waals surface area contributed by atoms with E-state index in [9.17, 15) is 4.79 Å². The largest absolute Gasteiger partial charge is 0.494 e. The lowest BCUT2D eigenvalue weighted by atomic mass is 9.97. The number of halogens is 1. The maximum absolute atomic E-state index is 12.7. The Labute approximate surface area is 173 Å². The van der Waals surface area contributed by atoms with Crippen molar-refractivity contribution < 1.29 is 13.9 Å². The zero-order chi connectivity index (χ0) is 19.2. The van der Waals surface area contributed by atoms with Gasteiger partial charge >= 0.3 is 0 Å². The predicted octanol–water partition coefficient (Wildman–Crippen LogP) is 4.61. The molecular formula is C22H31ClN2O3. The van der Waals surface area contributed by atoms with Gasteiger partial charge in [-0.2, -0.15) is 0 Å². The predicted molar refractivity (Wildman–Crippen MR) is 113 cm³/mol. The van der Waals surface area contributed by atoms with E-state index in [-0.39, 0.29) is 24.4 Å². The molecule has 1 amide bonds. The van der Waals surface area contributed by atoms with E-state index in [0.29, 0.717) is 24.5 Å². The van der Waals surface area contributed by atoms with Crippen LogP contribution in [0.3, 0.4) is 0 Å². The smallest absolute Gasteiger partial charge is 0.251 e. The summed E-state index contributed by atoms with van der Waals surface area (Å²) in [6.45, 7) is 9.36. The number of hydrogen-bond donors (Lipinski definition) is 1. The fourth-order valence-electron chi connectivity index (χ4n) is 3.57. The number of amides is 1. The molecule has 6 heteroatoms. The van der Waals surface area contributed by atoms with Crippen molar-refractivity contribution in [2.45, 2.75) is 39.7 Å². The average molecular weight is 407 g/mol. The monoisotopic (exact) mass is 406 g/mol. The quantitative estimate of drug-likeness (QED) is 0.729. The number of hydrogen-bond acceptors (Lipinski definition) is 4. The number of nitrogens with one attached hydrogen (secondary N) is 1. The SMILES string of the molecule is CCOc1cccc(C(=O)NCC(c2ccc(C)o2)N2CCC(C)CC2)c1.Cl. The first-order valence-electron chi connectivity index (χ1n) is 9.88. The number of likely N-dealkylation sites (tertiary alicyclic amines) is 1. The Balaban J connectivity index is 0.00000280. The molecule has 0 saturated carbocycles. The molecule has 1 fully saturated rings. The third-order valence-corrected chi connectivity index (χ3v) is 5.21. The van der Waals surface area contributed by atoms with E-state index < -0.39 is 0 Å². The van der Waals surface area contributed by atoms with E-state index in [1.807, 2.05) is 44.2 Å². The molecule has 1 aliphatic rings. The summed E-state index contributed by atoms with van der Waals surface area (Å²) in [6, 6.07) is 11.4. The fraction of sp³-hybridized carbons (Fsp3) is 0.500. The summed E-state index contributed by atoms with van der Waals surface area (Å²) in [5.41, 5.74) is 0.614. The molecule has 2 heterocycles. The highest BCUT2D eigenvalue weighted by Gasteiger charge is 2.27. The Morgan fingerprint density at radius 1 is 1.29 bits per heavy atom. The van der Waals surface area contributed by atoms with Crippen molar-refractivity contribution in [3.8, 4) is 5.75 Å². The van der Waals surface area contributed by atoms with Crippen LogP contribution in [0.5, 0.6) is 5.75 Å². The maximum Gasteiger partial charge on any atom is 0.251 e. The number of carbonyl (C=O) groups is 1. The molecule has 154 valence electrons. The standard InChI is InChI=1S/C22H30N2O3.ClH/c1-4-26-19-7-5-6-18(14-19)22(25)23-15-20(21-9-8-17(3)27-21)24-12-10-16(2)11-13-24;/h5-9,14,16,20H,4,10-13,15H2,1-3H3,(H,23,25);1H. The second-order valence-electron chi connectivity index (χ2n) is 7.35. The molecule has 0 radical (unpaired) electrons. The van der Waals surface area contributed by atoms with Gasteiger partial charge in [-0.25, -0.2) is 0 Å². The maximum atomic E-state index is 12.7. The molecule has 1 saturated heterocycles. The highest BCUT2D eigenvalue weighted by Crippen LogP contribution is 2.27. The van der Waals surface area contributed by atoms with Crippen LogP contribution in [0.1, 0.15) is 54.6 Å². The zero-order valence-electron chi connectivity index (χ0n) is 16.9. The second-order valence-corrected chi connectivity index (χ2v) is 7.35. The van der Waals surface area contributed by atoms with E-state index >= 15 is 0 Å². The van der Waals surface area contributed by atoms with Crippen LogP contribution in [0.25, 0.3) is 0 Å². The molecule has 0 bridgehead atoms. The van der Waals surface area contributed by atoms with Crippen LogP contribution in [-0.4, -0.2) is 37.0 Å². The zero-order valence-corrected chi connectivity index (χ0v) is 17.8. The van der Waals surface area contributed by atoms with Gasteiger partial charge in [0.1, 0.15) is 17.3 Å². The van der Waals surface area contributed by atoms with E-state index in [1.165, 1.54) is 12.8 Å². The summed E-state index contributed by atoms with van der Waals surface area (Å²) in [5, 5.41) is 3.09. The van der Waals surface area contributed by atoms with E-state index in [1.54, 1.807) is 6.07 Å². The van der Waals surface area contributed by atoms with Gasteiger partial charge in [-0.3, -0.25) is 9.69 Å². The Bertz CT molecular complexity index is 754. The van der Waals surface area contributed by atoms with E-state index in [4.69, 9.17) is 9.15 Å². The minimum atomic E-state index is -0.0878. The Kier molecular flexibility index (Phi) is 8.39. The average Bonchev–Trinajstić information content (AvgIpc) is 3.10. The van der Waals surface area contributed by atoms with Crippen molar-refractivity contribution in [2.24, 2.45) is 5.92 Å². The summed E-state index contributed by atoms with van der Waals surface area (Å²) in [7, 11) is 0. The van der Waals surface area contributed by atoms with Crippen molar-refractivity contribution in [1.82, 2.24) is 10.2 Å². The van der Waals surface area contributed by atoms with Gasteiger partial charge in [0, 0.05) is 12.1 Å². The summed E-state index contributed by atoms with van der Waals surface area (Å²) in [4.78, 5) is 15.1. The molecule has 1 N–H and O–H groups in total. The minimum Gasteiger partial charge on any atom is -0.494 e. The van der Waals surface area contributed by atoms with Crippen molar-refractivity contribution in [3.05, 3.63) is 53.5 Å². The minimum absolute atomic E-state index is 0. The molecule has 1 aliphatic heterocycles. The van der Waals surface area contributed by atoms with Gasteiger partial charge < -0.3 is 14.5 Å². The molecule has 3 rings (SSSR count). The van der Waals surface area contributed by atoms with Crippen LogP contribution in [0.2, 0.25) is 0 Å². The third-order valence-electron chi connectivity index (χ3n) is 5.21. The van der Waals surface area contributed by atoms with Crippen LogP contribution < -0.4 is 10.1 Å². The number of rotatable bonds is 7. The van der Waals surface area contributed by atoms with Crippen molar-refractivity contribution in [1.29, 1.82) is 0 Å². The van der Waals surface area contributed by atoms with Crippen LogP contribution in [0, 0.1) is 12.8 Å². The normalized spacial score (nSPS) is 16.2. The topological polar surface area (TPSA) is 54.7 Å². The van der Waals surface area contributed by atoms with Crippen LogP contribution in [0.15, 0.2) is 40.8 Å². The van der Waals surface area contributed by atoms with Crippen molar-refractivity contribution in [2.75, 3.05) is 26.2 Å². The van der Waals surface area contributed by atoms with Gasteiger partial charge in [0.15, 0.2) is 0 Å². The van der Waals surface area contributed by atoms with E-state index in [2.05, 4.69) is 17.1 Å². The van der Waals surface area contributed by atoms with Crippen LogP contribution in [0.4, 0.5) is 0 Å². The second kappa shape index (κ2) is 10.5. The summed E-state index contributed by atoms with van der Waals surface area (Å²) >= 11 is 0. The highest BCUT2D eigenvalue weighted by atomic mass is 35.5. The Hall–Kier alpha value is -1.98. The van der Waals surface area contributed by atoms with Gasteiger partial charge in [0.2, 0.25) is 0 Å². The number of aryl methyl sites for hydroxylation is 1. The van der Waals surface area contributed by atoms with Gasteiger partial charge in [-0.05, 0) is 76.0 Å². The number of benzene rings is 1. The summed E-state index contributed by atoms with van der Waals surface area (Å²) in [6.07, 6.45) is 2.36. The van der Waals surface area contributed by atoms with Gasteiger partial charge in [0.05, 0.1) is 12.6 Å². The number of ether oxygens (including phenoxy) is 1. The first kappa shape index (κ1) is 22.3. The first-order chi connectivity index (χ1) is 13.1. The number of nitrogens with zero attached hydrogens (tertiary/aromatic N) is 1. The lowest BCUT2D eigenvalue weighted by molar-refractivity contribution is 0.0894. The lowest BCUT2D eigenvalue weighted by Gasteiger charge is -2.35. The number of furan rings is 1. The van der Waals surface area contributed by atoms with Crippen molar-refractivity contribution >= 4 is 18.3 Å². The lowest BCUT2D eigenvalue weighted by Crippen LogP contribution is -2.41. The molecular weight excluding hydrogens is 376 g/mol. The molecule has 5 nitrogen and oxygen atoms in total. The highest BCUT2D eigenvalue weighted by molar-refractivity contribution is 5.94. The molecule has 0 spiro atoms. The van der Waals surface area contributed by atoms with E-state index in [0.717, 1.165) is 30.5 Å². The molecule has 0 aliphatic carbocycles. The van der Waals surface area contributed by atoms with Crippen molar-refractivity contribution in [3.63, 3.8) is 0 Å². The third kappa shape index (κ3) is 5.76. The number of carbonyl (C=O) groups excluding carboxylic acids is 1. The van der Waals surface area contributed by atoms with Gasteiger partial charge in [0.25, 0.3) is 5.91 Å². The van der Waals surface area contributed by atoms with Gasteiger partial charge in [-0.15, -0.1) is 12.4 Å². The Morgan fingerprint density at radius 2 is 2.04 bits per heavy atom. The number of piperidine rings is 1. The van der Waals surface area contributed by atoms with Crippen LogP contribution in [-0.2, 0) is 0 Å².